The molecular formula is C23H39NO3. The number of phenolic OH excluding ortho intramolecular Hbond substituents is 1. The number of nitrogens with one attached hydrogen (secondary N) is 1. The van der Waals surface area contributed by atoms with Crippen LogP contribution in [0.15, 0.2) is 12.1 Å². The van der Waals surface area contributed by atoms with Crippen LogP contribution in [0.25, 0.3) is 0 Å². The number of benzene rings is 1. The fourth-order valence-electron chi connectivity index (χ4n) is 3.05. The zero-order valence-electron chi connectivity index (χ0n) is 18.4. The molecule has 0 heterocycles. The molecule has 154 valence electrons. The van der Waals surface area contributed by atoms with Gasteiger partial charge in [0.05, 0.1) is 6.61 Å². The van der Waals surface area contributed by atoms with E-state index in [2.05, 4.69) is 53.8 Å². The van der Waals surface area contributed by atoms with Crippen molar-refractivity contribution in [1.29, 1.82) is 0 Å². The van der Waals surface area contributed by atoms with Gasteiger partial charge in [0.2, 0.25) is 0 Å². The van der Waals surface area contributed by atoms with Crippen LogP contribution in [0.5, 0.6) is 5.75 Å². The van der Waals surface area contributed by atoms with Gasteiger partial charge < -0.3 is 9.84 Å². The van der Waals surface area contributed by atoms with Crippen LogP contribution in [0.4, 0.5) is 10.5 Å². The van der Waals surface area contributed by atoms with Crippen LogP contribution in [0.2, 0.25) is 0 Å². The van der Waals surface area contributed by atoms with E-state index < -0.39 is 6.09 Å². The van der Waals surface area contributed by atoms with E-state index in [1.54, 1.807) is 0 Å². The van der Waals surface area contributed by atoms with Gasteiger partial charge in [-0.1, -0.05) is 80.6 Å². The van der Waals surface area contributed by atoms with Crippen molar-refractivity contribution in [3.8, 4) is 5.75 Å². The molecule has 1 amide bonds. The lowest BCUT2D eigenvalue weighted by Gasteiger charge is -2.28. The molecule has 0 aliphatic heterocycles. The number of amides is 1. The molecule has 0 aliphatic carbocycles. The number of phenols is 1. The van der Waals surface area contributed by atoms with Gasteiger partial charge in [0, 0.05) is 16.8 Å². The lowest BCUT2D eigenvalue weighted by atomic mass is 9.79. The van der Waals surface area contributed by atoms with E-state index >= 15 is 0 Å². The molecule has 0 spiro atoms. The average Bonchev–Trinajstić information content (AvgIpc) is 2.53. The van der Waals surface area contributed by atoms with Crippen molar-refractivity contribution in [1.82, 2.24) is 0 Å². The highest BCUT2D eigenvalue weighted by atomic mass is 16.5. The predicted molar refractivity (Wildman–Crippen MR) is 114 cm³/mol. The predicted octanol–water partition coefficient (Wildman–Crippen LogP) is 6.90. The fourth-order valence-corrected chi connectivity index (χ4v) is 3.05. The van der Waals surface area contributed by atoms with E-state index in [0.717, 1.165) is 24.0 Å². The number of carbonyl (C=O) groups is 1. The molecule has 1 aromatic carbocycles. The molecule has 4 heteroatoms. The van der Waals surface area contributed by atoms with E-state index in [-0.39, 0.29) is 10.8 Å². The van der Waals surface area contributed by atoms with Gasteiger partial charge in [0.25, 0.3) is 0 Å². The van der Waals surface area contributed by atoms with Gasteiger partial charge in [-0.05, 0) is 29.4 Å². The summed E-state index contributed by atoms with van der Waals surface area (Å²) in [7, 11) is 0. The van der Waals surface area contributed by atoms with Crippen LogP contribution in [-0.4, -0.2) is 17.8 Å². The number of carbonyl (C=O) groups excluding carboxylic acids is 1. The summed E-state index contributed by atoms with van der Waals surface area (Å²) >= 11 is 0. The maximum absolute atomic E-state index is 12.2. The van der Waals surface area contributed by atoms with Crippen LogP contribution in [0, 0.1) is 0 Å². The highest BCUT2D eigenvalue weighted by Gasteiger charge is 2.27. The number of aromatic hydroxyl groups is 1. The Hall–Kier alpha value is -1.71. The lowest BCUT2D eigenvalue weighted by Crippen LogP contribution is -2.20. The van der Waals surface area contributed by atoms with Crippen molar-refractivity contribution in [2.45, 2.75) is 97.8 Å². The van der Waals surface area contributed by atoms with Gasteiger partial charge in [-0.15, -0.1) is 0 Å². The van der Waals surface area contributed by atoms with Crippen LogP contribution >= 0.6 is 0 Å². The molecule has 2 N–H and O–H groups in total. The van der Waals surface area contributed by atoms with E-state index in [1.807, 2.05) is 12.1 Å². The van der Waals surface area contributed by atoms with Gasteiger partial charge in [-0.25, -0.2) is 4.79 Å². The van der Waals surface area contributed by atoms with Crippen LogP contribution in [0.1, 0.15) is 98.1 Å². The largest absolute Gasteiger partial charge is 0.507 e. The van der Waals surface area contributed by atoms with Crippen LogP contribution in [0.3, 0.4) is 0 Å². The molecule has 0 bridgehead atoms. The second kappa shape index (κ2) is 10.0. The van der Waals surface area contributed by atoms with Crippen molar-refractivity contribution >= 4 is 11.8 Å². The normalized spacial score (nSPS) is 12.1. The van der Waals surface area contributed by atoms with E-state index in [4.69, 9.17) is 4.74 Å². The molecule has 4 nitrogen and oxygen atoms in total. The molecule has 0 saturated heterocycles. The quantitative estimate of drug-likeness (QED) is 0.383. The first kappa shape index (κ1) is 23.3. The van der Waals surface area contributed by atoms with Crippen LogP contribution < -0.4 is 5.32 Å². The van der Waals surface area contributed by atoms with E-state index in [9.17, 15) is 9.90 Å². The summed E-state index contributed by atoms with van der Waals surface area (Å²) in [4.78, 5) is 12.2. The minimum absolute atomic E-state index is 0.232. The molecule has 1 aromatic rings. The maximum atomic E-state index is 12.2. The Bertz CT molecular complexity index is 574. The molecule has 1 rings (SSSR count). The van der Waals surface area contributed by atoms with Crippen LogP contribution in [-0.2, 0) is 15.6 Å². The van der Waals surface area contributed by atoms with Crippen molar-refractivity contribution in [2.24, 2.45) is 0 Å². The monoisotopic (exact) mass is 377 g/mol. The summed E-state index contributed by atoms with van der Waals surface area (Å²) in [6, 6.07) is 3.69. The molecule has 0 fully saturated rings. The molecule has 27 heavy (non-hydrogen) atoms. The van der Waals surface area contributed by atoms with E-state index in [1.165, 1.54) is 25.7 Å². The smallest absolute Gasteiger partial charge is 0.411 e. The Morgan fingerprint density at radius 1 is 0.926 bits per heavy atom. The molecular weight excluding hydrogens is 338 g/mol. The SMILES string of the molecule is CCCCCCCCOC(=O)Nc1cc(C(C)(C)C)c(O)c(C(C)(C)C)c1. The number of hydrogen-bond donors (Lipinski definition) is 2. The minimum Gasteiger partial charge on any atom is -0.507 e. The highest BCUT2D eigenvalue weighted by Crippen LogP contribution is 2.41. The maximum Gasteiger partial charge on any atom is 0.411 e. The summed E-state index contributed by atoms with van der Waals surface area (Å²) in [5, 5.41) is 13.6. The minimum atomic E-state index is -0.436. The second-order valence-corrected chi connectivity index (χ2v) is 9.45. The topological polar surface area (TPSA) is 58.6 Å². The van der Waals surface area contributed by atoms with E-state index in [0.29, 0.717) is 18.0 Å². The van der Waals surface area contributed by atoms with Gasteiger partial charge in [0.1, 0.15) is 5.75 Å². The van der Waals surface area contributed by atoms with Gasteiger partial charge >= 0.3 is 6.09 Å². The van der Waals surface area contributed by atoms with Gasteiger partial charge in [0.15, 0.2) is 0 Å². The third-order valence-electron chi connectivity index (χ3n) is 4.70. The fraction of sp³-hybridized carbons (Fsp3) is 0.696. The zero-order valence-corrected chi connectivity index (χ0v) is 18.4. The third-order valence-corrected chi connectivity index (χ3v) is 4.70. The molecule has 0 aromatic heterocycles. The first-order chi connectivity index (χ1) is 12.5. The van der Waals surface area contributed by atoms with Crippen molar-refractivity contribution < 1.29 is 14.6 Å². The lowest BCUT2D eigenvalue weighted by molar-refractivity contribution is 0.159. The summed E-state index contributed by atoms with van der Waals surface area (Å²) < 4.78 is 5.32. The molecule has 0 aliphatic rings. The molecule has 0 radical (unpaired) electrons. The Kier molecular flexibility index (Phi) is 8.64. The summed E-state index contributed by atoms with van der Waals surface area (Å²) in [5.41, 5.74) is 1.84. The number of unbranched alkanes of at least 4 members (excludes halogenated alkanes) is 5. The Morgan fingerprint density at radius 2 is 1.41 bits per heavy atom. The van der Waals surface area contributed by atoms with Gasteiger partial charge in [-0.2, -0.15) is 0 Å². The number of rotatable bonds is 8. The summed E-state index contributed by atoms with van der Waals surface area (Å²) in [6.45, 7) is 14.9. The number of hydrogen-bond acceptors (Lipinski definition) is 3. The Balaban J connectivity index is 2.75. The third kappa shape index (κ3) is 7.82. The zero-order chi connectivity index (χ0) is 20.7. The molecule has 0 unspecified atom stereocenters. The Morgan fingerprint density at radius 3 is 1.89 bits per heavy atom. The van der Waals surface area contributed by atoms with Crippen molar-refractivity contribution in [3.05, 3.63) is 23.3 Å². The number of ether oxygens (including phenoxy) is 1. The summed E-state index contributed by atoms with van der Waals surface area (Å²) in [5.74, 6) is 0.306. The standard InChI is InChI=1S/C23H39NO3/c1-8-9-10-11-12-13-14-27-21(26)24-17-15-18(22(2,3)4)20(25)19(16-17)23(5,6)7/h15-16,25H,8-14H2,1-7H3,(H,24,26). The number of anilines is 1. The highest BCUT2D eigenvalue weighted by molar-refractivity contribution is 5.85. The summed E-state index contributed by atoms with van der Waals surface area (Å²) in [6.07, 6.45) is 6.51. The van der Waals surface area contributed by atoms with Crippen molar-refractivity contribution in [2.75, 3.05) is 11.9 Å². The second-order valence-electron chi connectivity index (χ2n) is 9.45. The van der Waals surface area contributed by atoms with Crippen molar-refractivity contribution in [3.63, 3.8) is 0 Å². The van der Waals surface area contributed by atoms with Gasteiger partial charge in [-0.3, -0.25) is 5.32 Å². The molecule has 0 atom stereocenters. The average molecular weight is 378 g/mol. The molecule has 0 saturated carbocycles. The first-order valence-electron chi connectivity index (χ1n) is 10.3. The first-order valence-corrected chi connectivity index (χ1v) is 10.3. The Labute approximate surface area is 165 Å².